The van der Waals surface area contributed by atoms with Crippen LogP contribution in [0.15, 0.2) is 36.7 Å². The van der Waals surface area contributed by atoms with Gasteiger partial charge in [-0.2, -0.15) is 5.10 Å². The van der Waals surface area contributed by atoms with E-state index in [2.05, 4.69) is 29.9 Å². The predicted octanol–water partition coefficient (Wildman–Crippen LogP) is 2.21. The molecule has 138 valence electrons. The van der Waals surface area contributed by atoms with Crippen molar-refractivity contribution in [3.63, 3.8) is 0 Å². The summed E-state index contributed by atoms with van der Waals surface area (Å²) in [6.07, 6.45) is 4.59. The molecule has 6 nitrogen and oxygen atoms in total. The van der Waals surface area contributed by atoms with Crippen LogP contribution < -0.4 is 10.5 Å². The van der Waals surface area contributed by atoms with Gasteiger partial charge in [0, 0.05) is 32.0 Å². The lowest BCUT2D eigenvalue weighted by molar-refractivity contribution is -0.148. The summed E-state index contributed by atoms with van der Waals surface area (Å²) in [5.41, 5.74) is 7.77. The first-order chi connectivity index (χ1) is 12.4. The van der Waals surface area contributed by atoms with Crippen molar-refractivity contribution < 1.29 is 9.53 Å². The molecule has 1 saturated heterocycles. The number of aromatic nitrogens is 2. The third kappa shape index (κ3) is 2.51. The molecule has 0 spiro atoms. The van der Waals surface area contributed by atoms with Crippen LogP contribution in [-0.4, -0.2) is 40.8 Å². The topological polar surface area (TPSA) is 73.4 Å². The Kier molecular flexibility index (Phi) is 3.84. The maximum Gasteiger partial charge on any atom is 0.225 e. The van der Waals surface area contributed by atoms with E-state index in [-0.39, 0.29) is 16.7 Å². The molecule has 1 aliphatic carbocycles. The smallest absolute Gasteiger partial charge is 0.225 e. The highest BCUT2D eigenvalue weighted by atomic mass is 16.5. The zero-order chi connectivity index (χ0) is 18.5. The third-order valence-corrected chi connectivity index (χ3v) is 6.25. The molecular formula is C20H26N4O2. The minimum Gasteiger partial charge on any atom is -0.497 e. The van der Waals surface area contributed by atoms with Crippen molar-refractivity contribution in [2.24, 2.45) is 22.5 Å². The van der Waals surface area contributed by atoms with Gasteiger partial charge in [-0.3, -0.25) is 9.69 Å². The molecule has 26 heavy (non-hydrogen) atoms. The van der Waals surface area contributed by atoms with E-state index in [0.717, 1.165) is 43.1 Å². The summed E-state index contributed by atoms with van der Waals surface area (Å²) < 4.78 is 7.28. The molecule has 1 saturated carbocycles. The standard InChI is InChI=1S/C20H26N4O2/c1-19(2)12-20(18(21)25)13-23(11-17(19)20)10-14-9-15(26-3)5-6-16(14)24-8-4-7-22-24/h4-9,17H,10-13H2,1-3H3,(H2,21,25)/t17-,20+/m1/s1. The zero-order valence-corrected chi connectivity index (χ0v) is 15.6. The summed E-state index contributed by atoms with van der Waals surface area (Å²) >= 11 is 0. The zero-order valence-electron chi connectivity index (χ0n) is 15.6. The fourth-order valence-corrected chi connectivity index (χ4v) is 5.13. The third-order valence-electron chi connectivity index (χ3n) is 6.25. The Morgan fingerprint density at radius 2 is 2.23 bits per heavy atom. The second-order valence-corrected chi connectivity index (χ2v) is 8.35. The van der Waals surface area contributed by atoms with Gasteiger partial charge in [-0.25, -0.2) is 4.68 Å². The lowest BCUT2D eigenvalue weighted by Gasteiger charge is -2.54. The Balaban J connectivity index is 1.63. The number of ether oxygens (including phenoxy) is 1. The van der Waals surface area contributed by atoms with Crippen LogP contribution in [0.5, 0.6) is 5.75 Å². The SMILES string of the molecule is COc1ccc(-n2cccn2)c(CN2C[C@@H]3C(C)(C)C[C@]3(C(N)=O)C2)c1. The number of amides is 1. The number of hydrogen-bond acceptors (Lipinski definition) is 4. The van der Waals surface area contributed by atoms with Crippen molar-refractivity contribution in [1.29, 1.82) is 0 Å². The van der Waals surface area contributed by atoms with E-state index in [0.29, 0.717) is 5.92 Å². The lowest BCUT2D eigenvalue weighted by Crippen LogP contribution is -2.59. The Labute approximate surface area is 153 Å². The van der Waals surface area contributed by atoms with Crippen molar-refractivity contribution in [3.05, 3.63) is 42.2 Å². The molecule has 0 radical (unpaired) electrons. The number of primary amides is 1. The van der Waals surface area contributed by atoms with E-state index in [4.69, 9.17) is 10.5 Å². The quantitative estimate of drug-likeness (QED) is 0.893. The molecule has 2 N–H and O–H groups in total. The fourth-order valence-electron chi connectivity index (χ4n) is 5.13. The first-order valence-electron chi connectivity index (χ1n) is 9.05. The summed E-state index contributed by atoms with van der Waals surface area (Å²) in [4.78, 5) is 14.5. The molecule has 0 unspecified atom stereocenters. The molecule has 1 aromatic carbocycles. The highest BCUT2D eigenvalue weighted by molar-refractivity contribution is 5.83. The first-order valence-corrected chi connectivity index (χ1v) is 9.05. The van der Waals surface area contributed by atoms with Crippen LogP contribution in [-0.2, 0) is 11.3 Å². The maximum atomic E-state index is 12.2. The van der Waals surface area contributed by atoms with Gasteiger partial charge in [-0.1, -0.05) is 13.8 Å². The van der Waals surface area contributed by atoms with Crippen molar-refractivity contribution in [2.45, 2.75) is 26.8 Å². The van der Waals surface area contributed by atoms with E-state index in [1.165, 1.54) is 0 Å². The van der Waals surface area contributed by atoms with Gasteiger partial charge in [-0.05, 0) is 47.6 Å². The first kappa shape index (κ1) is 17.1. The minimum atomic E-state index is -0.367. The van der Waals surface area contributed by atoms with Crippen LogP contribution in [0.3, 0.4) is 0 Å². The van der Waals surface area contributed by atoms with Crippen molar-refractivity contribution >= 4 is 5.91 Å². The highest BCUT2D eigenvalue weighted by Crippen LogP contribution is 2.62. The molecule has 4 rings (SSSR count). The normalized spacial score (nSPS) is 27.0. The van der Waals surface area contributed by atoms with Crippen molar-refractivity contribution in [1.82, 2.24) is 14.7 Å². The van der Waals surface area contributed by atoms with Gasteiger partial charge in [0.15, 0.2) is 0 Å². The highest BCUT2D eigenvalue weighted by Gasteiger charge is 2.65. The van der Waals surface area contributed by atoms with Crippen LogP contribution in [0.4, 0.5) is 0 Å². The van der Waals surface area contributed by atoms with E-state index in [1.54, 1.807) is 13.3 Å². The average molecular weight is 354 g/mol. The lowest BCUT2D eigenvalue weighted by atomic mass is 9.48. The van der Waals surface area contributed by atoms with Crippen LogP contribution in [0, 0.1) is 16.7 Å². The van der Waals surface area contributed by atoms with E-state index < -0.39 is 0 Å². The molecule has 2 atom stereocenters. The van der Waals surface area contributed by atoms with E-state index in [1.807, 2.05) is 29.1 Å². The van der Waals surface area contributed by atoms with Gasteiger partial charge in [0.2, 0.25) is 5.91 Å². The van der Waals surface area contributed by atoms with E-state index >= 15 is 0 Å². The number of rotatable bonds is 5. The van der Waals surface area contributed by atoms with Gasteiger partial charge < -0.3 is 10.5 Å². The number of benzene rings is 1. The van der Waals surface area contributed by atoms with Gasteiger partial charge in [0.05, 0.1) is 18.2 Å². The van der Waals surface area contributed by atoms with Gasteiger partial charge in [0.25, 0.3) is 0 Å². The summed E-state index contributed by atoms with van der Waals surface area (Å²) in [6, 6.07) is 7.94. The number of hydrogen-bond donors (Lipinski definition) is 1. The second kappa shape index (κ2) is 5.84. The van der Waals surface area contributed by atoms with Gasteiger partial charge >= 0.3 is 0 Å². The number of carbonyl (C=O) groups excluding carboxylic acids is 1. The molecular weight excluding hydrogens is 328 g/mol. The number of nitrogens with two attached hydrogens (primary N) is 1. The Hall–Kier alpha value is -2.34. The van der Waals surface area contributed by atoms with Crippen LogP contribution in [0.25, 0.3) is 5.69 Å². The summed E-state index contributed by atoms with van der Waals surface area (Å²) in [6.45, 7) is 6.85. The number of likely N-dealkylation sites (tertiary alicyclic amines) is 1. The number of nitrogens with zero attached hydrogens (tertiary/aromatic N) is 3. The molecule has 1 aliphatic heterocycles. The van der Waals surface area contributed by atoms with E-state index in [9.17, 15) is 4.79 Å². The van der Waals surface area contributed by atoms with Gasteiger partial charge in [0.1, 0.15) is 5.75 Å². The Morgan fingerprint density at radius 3 is 2.81 bits per heavy atom. The molecule has 2 fully saturated rings. The van der Waals surface area contributed by atoms with Crippen LogP contribution >= 0.6 is 0 Å². The molecule has 2 aliphatic rings. The molecule has 2 heterocycles. The maximum absolute atomic E-state index is 12.2. The number of carbonyl (C=O) groups is 1. The van der Waals surface area contributed by atoms with Gasteiger partial charge in [-0.15, -0.1) is 0 Å². The predicted molar refractivity (Wildman–Crippen MR) is 98.9 cm³/mol. The number of fused-ring (bicyclic) bond motifs is 1. The largest absolute Gasteiger partial charge is 0.497 e. The minimum absolute atomic E-state index is 0.151. The van der Waals surface area contributed by atoms with Crippen LogP contribution in [0.1, 0.15) is 25.8 Å². The fraction of sp³-hybridized carbons (Fsp3) is 0.500. The summed E-state index contributed by atoms with van der Waals surface area (Å²) in [5, 5.41) is 4.37. The molecule has 1 aromatic heterocycles. The molecule has 2 aromatic rings. The second-order valence-electron chi connectivity index (χ2n) is 8.35. The molecule has 6 heteroatoms. The van der Waals surface area contributed by atoms with Crippen molar-refractivity contribution in [3.8, 4) is 11.4 Å². The Morgan fingerprint density at radius 1 is 1.42 bits per heavy atom. The molecule has 0 bridgehead atoms. The van der Waals surface area contributed by atoms with Crippen molar-refractivity contribution in [2.75, 3.05) is 20.2 Å². The van der Waals surface area contributed by atoms with Crippen LogP contribution in [0.2, 0.25) is 0 Å². The summed E-state index contributed by atoms with van der Waals surface area (Å²) in [5.74, 6) is 0.997. The Bertz CT molecular complexity index is 830. The summed E-state index contributed by atoms with van der Waals surface area (Å²) in [7, 11) is 1.67. The number of methoxy groups -OCH3 is 1. The molecule has 1 amide bonds. The monoisotopic (exact) mass is 354 g/mol. The average Bonchev–Trinajstić information content (AvgIpc) is 3.22.